The Labute approximate surface area is 109 Å². The van der Waals surface area contributed by atoms with Crippen LogP contribution in [0.25, 0.3) is 0 Å². The number of amides is 1. The number of cyclic esters (lactones) is 1. The minimum Gasteiger partial charge on any atom is -0.497 e. The van der Waals surface area contributed by atoms with E-state index < -0.39 is 24.7 Å². The molecule has 1 heterocycles. The Kier molecular flexibility index (Phi) is 4.34. The van der Waals surface area contributed by atoms with E-state index in [1.165, 1.54) is 19.2 Å². The summed E-state index contributed by atoms with van der Waals surface area (Å²) >= 11 is 0. The fourth-order valence-electron chi connectivity index (χ4n) is 1.63. The normalized spacial score (nSPS) is 21.3. The molecule has 1 fully saturated rings. The highest BCUT2D eigenvalue weighted by Crippen LogP contribution is 2.34. The topological polar surface area (TPSA) is 47.6 Å². The summed E-state index contributed by atoms with van der Waals surface area (Å²) in [6.07, 6.45) is -0.836. The molecular weight excluding hydrogens is 268 g/mol. The molecule has 7 heteroatoms. The third-order valence-electron chi connectivity index (χ3n) is 2.53. The number of alkyl halides is 2. The molecule has 0 aromatic heterocycles. The molecule has 1 aliphatic rings. The van der Waals surface area contributed by atoms with Crippen molar-refractivity contribution in [1.82, 2.24) is 5.32 Å². The first-order valence-electron chi connectivity index (χ1n) is 4.98. The maximum Gasteiger partial charge on any atom is 0.408 e. The summed E-state index contributed by atoms with van der Waals surface area (Å²) < 4.78 is 36.3. The van der Waals surface area contributed by atoms with Crippen molar-refractivity contribution in [2.45, 2.75) is 12.0 Å². The fraction of sp³-hybridized carbons (Fsp3) is 0.364. The van der Waals surface area contributed by atoms with E-state index in [-0.39, 0.29) is 12.4 Å². The van der Waals surface area contributed by atoms with Crippen LogP contribution in [-0.4, -0.2) is 25.7 Å². The highest BCUT2D eigenvalue weighted by molar-refractivity contribution is 5.85. The maximum atomic E-state index is 13.5. The molecule has 0 unspecified atom stereocenters. The molecule has 100 valence electrons. The molecule has 1 amide bonds. The third-order valence-corrected chi connectivity index (χ3v) is 2.53. The fourth-order valence-corrected chi connectivity index (χ4v) is 1.63. The Bertz CT molecular complexity index is 425. The van der Waals surface area contributed by atoms with E-state index in [0.717, 1.165) is 0 Å². The summed E-state index contributed by atoms with van der Waals surface area (Å²) in [5, 5.41) is 2.11. The van der Waals surface area contributed by atoms with Crippen LogP contribution < -0.4 is 10.1 Å². The van der Waals surface area contributed by atoms with E-state index in [1.807, 2.05) is 0 Å². The molecule has 1 N–H and O–H groups in total. The first-order chi connectivity index (χ1) is 8.03. The van der Waals surface area contributed by atoms with Crippen LogP contribution in [0.15, 0.2) is 24.3 Å². The zero-order chi connectivity index (χ0) is 12.5. The molecule has 1 aliphatic heterocycles. The first kappa shape index (κ1) is 14.5. The second-order valence-corrected chi connectivity index (χ2v) is 3.69. The minimum atomic E-state index is -3.12. The molecule has 1 aromatic rings. The Morgan fingerprint density at radius 1 is 1.39 bits per heavy atom. The number of carbonyl (C=O) groups is 1. The van der Waals surface area contributed by atoms with Crippen LogP contribution in [0.5, 0.6) is 5.75 Å². The lowest BCUT2D eigenvalue weighted by molar-refractivity contribution is -0.104. The Morgan fingerprint density at radius 2 is 2.00 bits per heavy atom. The monoisotopic (exact) mass is 279 g/mol. The number of nitrogens with one attached hydrogen (secondary N) is 1. The summed E-state index contributed by atoms with van der Waals surface area (Å²) in [5.74, 6) is -2.56. The van der Waals surface area contributed by atoms with Gasteiger partial charge in [-0.15, -0.1) is 12.4 Å². The molecule has 2 rings (SSSR count). The molecule has 18 heavy (non-hydrogen) atoms. The largest absolute Gasteiger partial charge is 0.497 e. The molecule has 1 atom stereocenters. The quantitative estimate of drug-likeness (QED) is 0.905. The van der Waals surface area contributed by atoms with Gasteiger partial charge in [0, 0.05) is 0 Å². The zero-order valence-electron chi connectivity index (χ0n) is 9.48. The van der Waals surface area contributed by atoms with Crippen LogP contribution in [0.4, 0.5) is 13.6 Å². The summed E-state index contributed by atoms with van der Waals surface area (Å²) in [6.45, 7) is -0.907. The van der Waals surface area contributed by atoms with E-state index in [4.69, 9.17) is 4.74 Å². The highest BCUT2D eigenvalue weighted by atomic mass is 35.5. The van der Waals surface area contributed by atoms with Crippen molar-refractivity contribution in [2.24, 2.45) is 0 Å². The van der Waals surface area contributed by atoms with Crippen molar-refractivity contribution in [3.8, 4) is 5.75 Å². The van der Waals surface area contributed by atoms with Crippen LogP contribution in [0.2, 0.25) is 0 Å². The van der Waals surface area contributed by atoms with Gasteiger partial charge in [0.2, 0.25) is 0 Å². The van der Waals surface area contributed by atoms with Gasteiger partial charge in [0.1, 0.15) is 11.8 Å². The van der Waals surface area contributed by atoms with Crippen molar-refractivity contribution >= 4 is 18.5 Å². The standard InChI is InChI=1S/C11H11F2NO3.ClH/c1-16-8-4-2-7(3-5-8)9-11(12,13)6-17-10(15)14-9;/h2-5,9H,6H2,1H3,(H,14,15);1H/t9-;/m1./s1. The van der Waals surface area contributed by atoms with Crippen molar-refractivity contribution in [2.75, 3.05) is 13.7 Å². The van der Waals surface area contributed by atoms with E-state index in [2.05, 4.69) is 10.1 Å². The van der Waals surface area contributed by atoms with Crippen LogP contribution in [0.1, 0.15) is 11.6 Å². The number of rotatable bonds is 2. The number of ether oxygens (including phenoxy) is 2. The van der Waals surface area contributed by atoms with Gasteiger partial charge in [0.15, 0.2) is 6.61 Å². The first-order valence-corrected chi connectivity index (χ1v) is 4.98. The van der Waals surface area contributed by atoms with Gasteiger partial charge < -0.3 is 14.8 Å². The number of benzene rings is 1. The lowest BCUT2D eigenvalue weighted by Crippen LogP contribution is -2.49. The predicted molar refractivity (Wildman–Crippen MR) is 62.4 cm³/mol. The third kappa shape index (κ3) is 2.81. The summed E-state index contributed by atoms with van der Waals surface area (Å²) in [7, 11) is 1.49. The van der Waals surface area contributed by atoms with Crippen LogP contribution in [-0.2, 0) is 4.74 Å². The zero-order valence-corrected chi connectivity index (χ0v) is 10.3. The molecule has 0 saturated carbocycles. The van der Waals surface area contributed by atoms with Gasteiger partial charge in [-0.05, 0) is 17.7 Å². The van der Waals surface area contributed by atoms with Crippen molar-refractivity contribution in [3.05, 3.63) is 29.8 Å². The lowest BCUT2D eigenvalue weighted by Gasteiger charge is -2.31. The van der Waals surface area contributed by atoms with E-state index in [0.29, 0.717) is 11.3 Å². The molecule has 0 spiro atoms. The van der Waals surface area contributed by atoms with Crippen LogP contribution in [0, 0.1) is 0 Å². The SMILES string of the molecule is COc1ccc([C@H]2NC(=O)OCC2(F)F)cc1.Cl. The van der Waals surface area contributed by atoms with Gasteiger partial charge in [-0.1, -0.05) is 12.1 Å². The summed E-state index contributed by atoms with van der Waals surface area (Å²) in [4.78, 5) is 11.0. The number of hydrogen-bond acceptors (Lipinski definition) is 3. The maximum absolute atomic E-state index is 13.5. The number of hydrogen-bond donors (Lipinski definition) is 1. The average Bonchev–Trinajstić information content (AvgIpc) is 2.33. The molecule has 1 saturated heterocycles. The molecule has 0 bridgehead atoms. The van der Waals surface area contributed by atoms with Gasteiger partial charge >= 0.3 is 12.0 Å². The van der Waals surface area contributed by atoms with Gasteiger partial charge in [-0.25, -0.2) is 13.6 Å². The van der Waals surface area contributed by atoms with E-state index in [1.54, 1.807) is 12.1 Å². The van der Waals surface area contributed by atoms with Crippen molar-refractivity contribution in [1.29, 1.82) is 0 Å². The Morgan fingerprint density at radius 3 is 2.56 bits per heavy atom. The summed E-state index contributed by atoms with van der Waals surface area (Å²) in [6, 6.07) is 4.74. The number of carbonyl (C=O) groups excluding carboxylic acids is 1. The highest BCUT2D eigenvalue weighted by Gasteiger charge is 2.46. The van der Waals surface area contributed by atoms with Crippen LogP contribution in [0.3, 0.4) is 0 Å². The predicted octanol–water partition coefficient (Wildman–Crippen LogP) is 2.53. The second kappa shape index (κ2) is 5.39. The number of halogens is 3. The van der Waals surface area contributed by atoms with E-state index in [9.17, 15) is 13.6 Å². The lowest BCUT2D eigenvalue weighted by atomic mass is 10.00. The number of alkyl carbamates (subject to hydrolysis) is 1. The van der Waals surface area contributed by atoms with Gasteiger partial charge in [0.25, 0.3) is 0 Å². The van der Waals surface area contributed by atoms with Gasteiger partial charge in [-0.3, -0.25) is 0 Å². The van der Waals surface area contributed by atoms with Crippen LogP contribution >= 0.6 is 12.4 Å². The summed E-state index contributed by atoms with van der Waals surface area (Å²) in [5.41, 5.74) is 0.312. The van der Waals surface area contributed by atoms with Gasteiger partial charge in [-0.2, -0.15) is 0 Å². The smallest absolute Gasteiger partial charge is 0.408 e. The van der Waals surface area contributed by atoms with Crippen molar-refractivity contribution < 1.29 is 23.0 Å². The Balaban J connectivity index is 0.00000162. The number of methoxy groups -OCH3 is 1. The van der Waals surface area contributed by atoms with Gasteiger partial charge in [0.05, 0.1) is 7.11 Å². The van der Waals surface area contributed by atoms with E-state index >= 15 is 0 Å². The molecular formula is C11H12ClF2NO3. The molecule has 0 aliphatic carbocycles. The molecule has 1 aromatic carbocycles. The Hall–Kier alpha value is -1.56. The average molecular weight is 280 g/mol. The second-order valence-electron chi connectivity index (χ2n) is 3.69. The minimum absolute atomic E-state index is 0. The van der Waals surface area contributed by atoms with Crippen molar-refractivity contribution in [3.63, 3.8) is 0 Å². The molecule has 4 nitrogen and oxygen atoms in total. The molecule has 0 radical (unpaired) electrons.